The fourth-order valence-electron chi connectivity index (χ4n) is 0.561. The van der Waals surface area contributed by atoms with Crippen molar-refractivity contribution in [2.75, 3.05) is 6.61 Å². The summed E-state index contributed by atoms with van der Waals surface area (Å²) in [4.78, 5) is 31.4. The molecule has 0 aliphatic carbocycles. The summed E-state index contributed by atoms with van der Waals surface area (Å²) in [6.07, 6.45) is 0. The Kier molecular flexibility index (Phi) is 4.53. The third kappa shape index (κ3) is 3.37. The van der Waals surface area contributed by atoms with Crippen molar-refractivity contribution in [3.05, 3.63) is 0 Å². The number of carboxylic acids is 2. The van der Waals surface area contributed by atoms with Crippen molar-refractivity contribution in [3.63, 3.8) is 0 Å². The molecule has 0 aromatic rings. The normalized spacial score (nSPS) is 12.2. The number of carbonyl (C=O) groups is 3. The van der Waals surface area contributed by atoms with Gasteiger partial charge < -0.3 is 26.4 Å². The van der Waals surface area contributed by atoms with E-state index < -0.39 is 36.5 Å². The van der Waals surface area contributed by atoms with Crippen LogP contribution in [0.3, 0.4) is 0 Å². The molecule has 0 rings (SSSR count). The van der Waals surface area contributed by atoms with Crippen LogP contribution in [0.2, 0.25) is 0 Å². The van der Waals surface area contributed by atoms with E-state index >= 15 is 0 Å². The Morgan fingerprint density at radius 2 is 1.64 bits per heavy atom. The number of carboxylic acid groups (broad SMARTS) is 2. The highest BCUT2D eigenvalue weighted by Gasteiger charge is 2.29. The Morgan fingerprint density at radius 3 is 1.93 bits per heavy atom. The number of aliphatic hydroxyl groups excluding tert-OH is 1. The van der Waals surface area contributed by atoms with Crippen LogP contribution in [0.15, 0.2) is 0 Å². The molecular formula is C6H10N2O6. The molecule has 8 heteroatoms. The highest BCUT2D eigenvalue weighted by atomic mass is 16.4. The number of hydrogen-bond donors (Lipinski definition) is 5. The standard InChI is InChI=1S/C6H10N2O6/c7-2(1-9)4(10)8-3(5(11)12)6(13)14/h2-3,9H,1,7H2,(H,8,10)(H,11,12)(H,13,14). The predicted molar refractivity (Wildman–Crippen MR) is 42.3 cm³/mol. The van der Waals surface area contributed by atoms with E-state index in [0.29, 0.717) is 0 Å². The van der Waals surface area contributed by atoms with Crippen LogP contribution in [-0.2, 0) is 14.4 Å². The highest BCUT2D eigenvalue weighted by molar-refractivity contribution is 6.01. The average molecular weight is 206 g/mol. The summed E-state index contributed by atoms with van der Waals surface area (Å²) in [6, 6.07) is -3.39. The summed E-state index contributed by atoms with van der Waals surface area (Å²) in [6.45, 7) is -0.697. The fraction of sp³-hybridized carbons (Fsp3) is 0.500. The van der Waals surface area contributed by atoms with Gasteiger partial charge in [0.1, 0.15) is 6.04 Å². The van der Waals surface area contributed by atoms with Crippen molar-refractivity contribution in [2.45, 2.75) is 12.1 Å². The van der Waals surface area contributed by atoms with Crippen molar-refractivity contribution >= 4 is 17.8 Å². The van der Waals surface area contributed by atoms with Gasteiger partial charge in [0.05, 0.1) is 6.61 Å². The van der Waals surface area contributed by atoms with Gasteiger partial charge in [-0.05, 0) is 0 Å². The van der Waals surface area contributed by atoms with E-state index in [1.165, 1.54) is 0 Å². The van der Waals surface area contributed by atoms with Crippen LogP contribution in [0.25, 0.3) is 0 Å². The lowest BCUT2D eigenvalue weighted by molar-refractivity contribution is -0.153. The van der Waals surface area contributed by atoms with Gasteiger partial charge in [-0.3, -0.25) is 4.79 Å². The van der Waals surface area contributed by atoms with Gasteiger partial charge in [0, 0.05) is 0 Å². The lowest BCUT2D eigenvalue weighted by Gasteiger charge is -2.12. The third-order valence-corrected chi connectivity index (χ3v) is 1.31. The number of nitrogens with one attached hydrogen (secondary N) is 1. The molecule has 1 unspecified atom stereocenters. The van der Waals surface area contributed by atoms with Crippen molar-refractivity contribution < 1.29 is 29.7 Å². The largest absolute Gasteiger partial charge is 0.479 e. The molecule has 0 saturated heterocycles. The van der Waals surface area contributed by atoms with Crippen LogP contribution < -0.4 is 11.1 Å². The van der Waals surface area contributed by atoms with Crippen LogP contribution in [0.4, 0.5) is 0 Å². The summed E-state index contributed by atoms with van der Waals surface area (Å²) in [5.74, 6) is -4.46. The number of carbonyl (C=O) groups excluding carboxylic acids is 1. The highest BCUT2D eigenvalue weighted by Crippen LogP contribution is 1.86. The van der Waals surface area contributed by atoms with Crippen LogP contribution in [0.5, 0.6) is 0 Å². The molecule has 0 radical (unpaired) electrons. The van der Waals surface area contributed by atoms with E-state index in [0.717, 1.165) is 0 Å². The van der Waals surface area contributed by atoms with E-state index in [-0.39, 0.29) is 0 Å². The predicted octanol–water partition coefficient (Wildman–Crippen LogP) is -3.04. The van der Waals surface area contributed by atoms with Gasteiger partial charge in [-0.15, -0.1) is 0 Å². The Morgan fingerprint density at radius 1 is 1.21 bits per heavy atom. The Balaban J connectivity index is 4.39. The lowest BCUT2D eigenvalue weighted by atomic mass is 10.2. The van der Waals surface area contributed by atoms with Gasteiger partial charge in [0.25, 0.3) is 0 Å². The summed E-state index contributed by atoms with van der Waals surface area (Å²) in [5.41, 5.74) is 5.02. The van der Waals surface area contributed by atoms with Crippen LogP contribution in [0.1, 0.15) is 0 Å². The molecule has 0 aliphatic rings. The topological polar surface area (TPSA) is 150 Å². The minimum absolute atomic E-state index is 0.697. The maximum atomic E-state index is 10.9. The van der Waals surface area contributed by atoms with Crippen LogP contribution in [0, 0.1) is 0 Å². The molecule has 0 aromatic heterocycles. The molecule has 1 atom stereocenters. The molecule has 14 heavy (non-hydrogen) atoms. The second-order valence-electron chi connectivity index (χ2n) is 2.41. The Hall–Kier alpha value is -1.67. The van der Waals surface area contributed by atoms with E-state index in [1.54, 1.807) is 5.32 Å². The van der Waals surface area contributed by atoms with Gasteiger partial charge in [0.2, 0.25) is 11.9 Å². The smallest absolute Gasteiger partial charge is 0.338 e. The molecule has 0 heterocycles. The molecule has 6 N–H and O–H groups in total. The van der Waals surface area contributed by atoms with Crippen LogP contribution >= 0.6 is 0 Å². The van der Waals surface area contributed by atoms with Gasteiger partial charge in [-0.25, -0.2) is 9.59 Å². The van der Waals surface area contributed by atoms with E-state index in [2.05, 4.69) is 0 Å². The van der Waals surface area contributed by atoms with Crippen LogP contribution in [-0.4, -0.2) is 51.9 Å². The second-order valence-corrected chi connectivity index (χ2v) is 2.41. The van der Waals surface area contributed by atoms with E-state index in [4.69, 9.17) is 21.1 Å². The number of aliphatic carboxylic acids is 2. The molecule has 0 spiro atoms. The Bertz CT molecular complexity index is 239. The first-order chi connectivity index (χ1) is 6.40. The van der Waals surface area contributed by atoms with E-state index in [9.17, 15) is 14.4 Å². The first-order valence-electron chi connectivity index (χ1n) is 3.52. The molecule has 8 nitrogen and oxygen atoms in total. The third-order valence-electron chi connectivity index (χ3n) is 1.31. The molecule has 0 bridgehead atoms. The maximum absolute atomic E-state index is 10.9. The summed E-state index contributed by atoms with van der Waals surface area (Å²) < 4.78 is 0. The monoisotopic (exact) mass is 206 g/mol. The van der Waals surface area contributed by atoms with Crippen molar-refractivity contribution in [1.82, 2.24) is 5.32 Å². The number of nitrogens with two attached hydrogens (primary N) is 1. The average Bonchev–Trinajstić information content (AvgIpc) is 2.11. The summed E-state index contributed by atoms with van der Waals surface area (Å²) in [7, 11) is 0. The first kappa shape index (κ1) is 12.3. The lowest BCUT2D eigenvalue weighted by Crippen LogP contribution is -2.52. The number of hydrogen-bond acceptors (Lipinski definition) is 5. The molecular weight excluding hydrogens is 196 g/mol. The second kappa shape index (κ2) is 5.14. The number of aliphatic hydroxyl groups is 1. The maximum Gasteiger partial charge on any atom is 0.338 e. The SMILES string of the molecule is NC(CO)C(=O)NC(C(=O)O)C(=O)O. The molecule has 0 saturated carbocycles. The zero-order valence-electron chi connectivity index (χ0n) is 7.01. The fourth-order valence-corrected chi connectivity index (χ4v) is 0.561. The first-order valence-corrected chi connectivity index (χ1v) is 3.52. The van der Waals surface area contributed by atoms with Gasteiger partial charge in [0.15, 0.2) is 0 Å². The number of amides is 1. The molecule has 1 amide bonds. The van der Waals surface area contributed by atoms with Crippen molar-refractivity contribution in [1.29, 1.82) is 0 Å². The minimum atomic E-state index is -2.06. The molecule has 80 valence electrons. The van der Waals surface area contributed by atoms with E-state index in [1.807, 2.05) is 0 Å². The molecule has 0 aromatic carbocycles. The Labute approximate surface area is 78.3 Å². The number of rotatable bonds is 5. The zero-order chi connectivity index (χ0) is 11.3. The van der Waals surface area contributed by atoms with Gasteiger partial charge in [-0.2, -0.15) is 0 Å². The zero-order valence-corrected chi connectivity index (χ0v) is 7.01. The minimum Gasteiger partial charge on any atom is -0.479 e. The van der Waals surface area contributed by atoms with Crippen molar-refractivity contribution in [3.8, 4) is 0 Å². The summed E-state index contributed by atoms with van der Waals surface area (Å²) in [5, 5.41) is 26.8. The molecule has 0 aliphatic heterocycles. The van der Waals surface area contributed by atoms with Gasteiger partial charge >= 0.3 is 11.9 Å². The molecule has 0 fully saturated rings. The quantitative estimate of drug-likeness (QED) is 0.300. The summed E-state index contributed by atoms with van der Waals surface area (Å²) >= 11 is 0. The van der Waals surface area contributed by atoms with Crippen molar-refractivity contribution in [2.24, 2.45) is 5.73 Å². The van der Waals surface area contributed by atoms with Gasteiger partial charge in [-0.1, -0.05) is 0 Å².